The van der Waals surface area contributed by atoms with Crippen LogP contribution in [0.25, 0.3) is 0 Å². The molecule has 2 rings (SSSR count). The fraction of sp³-hybridized carbons (Fsp3) is 0.429. The number of H-pyrrole nitrogens is 1. The summed E-state index contributed by atoms with van der Waals surface area (Å²) in [6, 6.07) is 1.35. The summed E-state index contributed by atoms with van der Waals surface area (Å²) < 4.78 is 5.11. The van der Waals surface area contributed by atoms with Crippen LogP contribution in [0.1, 0.15) is 38.9 Å². The van der Waals surface area contributed by atoms with E-state index in [1.54, 1.807) is 0 Å². The molecule has 0 bridgehead atoms. The van der Waals surface area contributed by atoms with Gasteiger partial charge in [0.15, 0.2) is 5.82 Å². The van der Waals surface area contributed by atoms with Crippen LogP contribution in [0, 0.1) is 0 Å². The Hall–Kier alpha value is -2.44. The van der Waals surface area contributed by atoms with E-state index in [0.717, 1.165) is 0 Å². The highest BCUT2D eigenvalue weighted by Gasteiger charge is 2.21. The minimum Gasteiger partial charge on any atom is -0.366 e. The Morgan fingerprint density at radius 2 is 2.19 bits per heavy atom. The van der Waals surface area contributed by atoms with Gasteiger partial charge in [-0.15, -0.1) is 0 Å². The lowest BCUT2D eigenvalue weighted by Crippen LogP contribution is -2.18. The topological polar surface area (TPSA) is 101 Å². The second-order valence-corrected chi connectivity index (χ2v) is 5.73. The molecule has 0 fully saturated rings. The van der Waals surface area contributed by atoms with Crippen molar-refractivity contribution in [3.63, 3.8) is 0 Å². The average molecular weight is 290 g/mol. The van der Waals surface area contributed by atoms with E-state index in [-0.39, 0.29) is 28.9 Å². The SMILES string of the molecule is CC(C)(C)c1noc(CCC(=O)Nc2c[nH]ccc2=O)n1. The second-order valence-electron chi connectivity index (χ2n) is 5.73. The van der Waals surface area contributed by atoms with Crippen molar-refractivity contribution in [2.45, 2.75) is 39.0 Å². The molecular weight excluding hydrogens is 272 g/mol. The van der Waals surface area contributed by atoms with E-state index in [4.69, 9.17) is 4.52 Å². The first kappa shape index (κ1) is 15.0. The number of aromatic amines is 1. The molecule has 0 unspecified atom stereocenters. The van der Waals surface area contributed by atoms with Crippen LogP contribution >= 0.6 is 0 Å². The molecular formula is C14H18N4O3. The zero-order chi connectivity index (χ0) is 15.5. The largest absolute Gasteiger partial charge is 0.366 e. The Kier molecular flexibility index (Phi) is 4.21. The summed E-state index contributed by atoms with van der Waals surface area (Å²) in [7, 11) is 0. The Balaban J connectivity index is 1.91. The average Bonchev–Trinajstić information content (AvgIpc) is 2.88. The third-order valence-corrected chi connectivity index (χ3v) is 2.80. The van der Waals surface area contributed by atoms with Crippen molar-refractivity contribution in [2.75, 3.05) is 5.32 Å². The highest BCUT2D eigenvalue weighted by Crippen LogP contribution is 2.18. The Morgan fingerprint density at radius 1 is 1.43 bits per heavy atom. The summed E-state index contributed by atoms with van der Waals surface area (Å²) in [4.78, 5) is 30.3. The molecule has 21 heavy (non-hydrogen) atoms. The first-order valence-electron chi connectivity index (χ1n) is 6.66. The summed E-state index contributed by atoms with van der Waals surface area (Å²) in [6.45, 7) is 5.95. The number of anilines is 1. The zero-order valence-corrected chi connectivity index (χ0v) is 12.3. The minimum absolute atomic E-state index is 0.167. The van der Waals surface area contributed by atoms with E-state index in [9.17, 15) is 9.59 Å². The van der Waals surface area contributed by atoms with Crippen molar-refractivity contribution in [1.29, 1.82) is 0 Å². The fourth-order valence-electron chi connectivity index (χ4n) is 1.61. The first-order valence-corrected chi connectivity index (χ1v) is 6.66. The standard InChI is InChI=1S/C14H18N4O3/c1-14(2,3)13-17-12(21-18-13)5-4-11(20)16-9-8-15-7-6-10(9)19/h6-8H,4-5H2,1-3H3,(H,15,19)(H,16,20). The maximum absolute atomic E-state index is 11.8. The second kappa shape index (κ2) is 5.90. The molecule has 1 amide bonds. The fourth-order valence-corrected chi connectivity index (χ4v) is 1.61. The van der Waals surface area contributed by atoms with Crippen molar-refractivity contribution < 1.29 is 9.32 Å². The maximum atomic E-state index is 11.8. The molecule has 2 aromatic rings. The first-order chi connectivity index (χ1) is 9.86. The van der Waals surface area contributed by atoms with Gasteiger partial charge in [-0.2, -0.15) is 4.98 Å². The molecule has 2 heterocycles. The molecule has 7 nitrogen and oxygen atoms in total. The Labute approximate surface area is 121 Å². The van der Waals surface area contributed by atoms with E-state index >= 15 is 0 Å². The lowest BCUT2D eigenvalue weighted by Gasteiger charge is -2.10. The van der Waals surface area contributed by atoms with Crippen molar-refractivity contribution >= 4 is 11.6 Å². The van der Waals surface area contributed by atoms with Gasteiger partial charge in [-0.1, -0.05) is 25.9 Å². The van der Waals surface area contributed by atoms with Gasteiger partial charge in [0.1, 0.15) is 5.69 Å². The van der Waals surface area contributed by atoms with E-state index < -0.39 is 0 Å². The summed E-state index contributed by atoms with van der Waals surface area (Å²) >= 11 is 0. The summed E-state index contributed by atoms with van der Waals surface area (Å²) in [5.74, 6) is 0.747. The summed E-state index contributed by atoms with van der Waals surface area (Å²) in [5, 5.41) is 6.44. The lowest BCUT2D eigenvalue weighted by molar-refractivity contribution is -0.116. The molecule has 0 radical (unpaired) electrons. The molecule has 0 saturated heterocycles. The van der Waals surface area contributed by atoms with Crippen LogP contribution in [-0.2, 0) is 16.6 Å². The minimum atomic E-state index is -0.276. The predicted molar refractivity (Wildman–Crippen MR) is 77.0 cm³/mol. The number of carbonyl (C=O) groups excluding carboxylic acids is 1. The van der Waals surface area contributed by atoms with Crippen LogP contribution in [0.4, 0.5) is 5.69 Å². The smallest absolute Gasteiger partial charge is 0.227 e. The molecule has 112 valence electrons. The van der Waals surface area contributed by atoms with Crippen molar-refractivity contribution in [2.24, 2.45) is 0 Å². The number of aryl methyl sites for hydroxylation is 1. The number of nitrogens with zero attached hydrogens (tertiary/aromatic N) is 2. The quantitative estimate of drug-likeness (QED) is 0.891. The van der Waals surface area contributed by atoms with E-state index in [1.165, 1.54) is 18.5 Å². The highest BCUT2D eigenvalue weighted by atomic mass is 16.5. The number of aromatic nitrogens is 3. The van der Waals surface area contributed by atoms with Gasteiger partial charge in [0, 0.05) is 36.7 Å². The lowest BCUT2D eigenvalue weighted by atomic mass is 9.96. The number of amides is 1. The Bertz CT molecular complexity index is 682. The molecule has 0 aliphatic carbocycles. The molecule has 2 N–H and O–H groups in total. The summed E-state index contributed by atoms with van der Waals surface area (Å²) in [6.07, 6.45) is 3.45. The Morgan fingerprint density at radius 3 is 2.81 bits per heavy atom. The molecule has 0 saturated carbocycles. The van der Waals surface area contributed by atoms with E-state index in [0.29, 0.717) is 18.1 Å². The van der Waals surface area contributed by atoms with Crippen molar-refractivity contribution in [3.05, 3.63) is 40.4 Å². The van der Waals surface area contributed by atoms with Crippen molar-refractivity contribution in [1.82, 2.24) is 15.1 Å². The monoisotopic (exact) mass is 290 g/mol. The molecule has 0 atom stereocenters. The van der Waals surface area contributed by atoms with Crippen LogP contribution in [0.3, 0.4) is 0 Å². The predicted octanol–water partition coefficient (Wildman–Crippen LogP) is 1.63. The van der Waals surface area contributed by atoms with Gasteiger partial charge in [0.2, 0.25) is 17.2 Å². The molecule has 7 heteroatoms. The zero-order valence-electron chi connectivity index (χ0n) is 12.3. The van der Waals surface area contributed by atoms with Crippen LogP contribution < -0.4 is 10.7 Å². The summed E-state index contributed by atoms with van der Waals surface area (Å²) in [5.41, 5.74) is -0.209. The van der Waals surface area contributed by atoms with Gasteiger partial charge in [-0.05, 0) is 0 Å². The van der Waals surface area contributed by atoms with Crippen LogP contribution in [0.2, 0.25) is 0 Å². The number of pyridine rings is 1. The van der Waals surface area contributed by atoms with Gasteiger partial charge in [0.05, 0.1) is 0 Å². The van der Waals surface area contributed by atoms with Gasteiger partial charge >= 0.3 is 0 Å². The molecule has 0 spiro atoms. The molecule has 0 aliphatic rings. The third kappa shape index (κ3) is 4.01. The van der Waals surface area contributed by atoms with Gasteiger partial charge < -0.3 is 14.8 Å². The number of carbonyl (C=O) groups is 1. The van der Waals surface area contributed by atoms with Gasteiger partial charge in [0.25, 0.3) is 0 Å². The van der Waals surface area contributed by atoms with Crippen LogP contribution in [-0.4, -0.2) is 21.0 Å². The van der Waals surface area contributed by atoms with Crippen molar-refractivity contribution in [3.8, 4) is 0 Å². The van der Waals surface area contributed by atoms with Crippen LogP contribution in [0.15, 0.2) is 27.8 Å². The number of rotatable bonds is 4. The van der Waals surface area contributed by atoms with Gasteiger partial charge in [-0.3, -0.25) is 9.59 Å². The highest BCUT2D eigenvalue weighted by molar-refractivity contribution is 5.90. The van der Waals surface area contributed by atoms with E-state index in [2.05, 4.69) is 20.4 Å². The number of nitrogens with one attached hydrogen (secondary N) is 2. The van der Waals surface area contributed by atoms with Gasteiger partial charge in [-0.25, -0.2) is 0 Å². The normalized spacial score (nSPS) is 11.4. The van der Waals surface area contributed by atoms with Crippen LogP contribution in [0.5, 0.6) is 0 Å². The molecule has 2 aromatic heterocycles. The molecule has 0 aromatic carbocycles. The molecule has 0 aliphatic heterocycles. The number of hydrogen-bond acceptors (Lipinski definition) is 5. The van der Waals surface area contributed by atoms with E-state index in [1.807, 2.05) is 20.8 Å². The number of hydrogen-bond donors (Lipinski definition) is 2. The maximum Gasteiger partial charge on any atom is 0.227 e. The third-order valence-electron chi connectivity index (χ3n) is 2.80.